The SMILES string of the molecule is Cc1ccsc1CN(Cc1ccc(F)cc1)C(=O)CN(CC1CCCO1)C(=O)CC(C)C. The molecule has 7 heteroatoms. The fourth-order valence-corrected chi connectivity index (χ4v) is 4.73. The van der Waals surface area contributed by atoms with Crippen LogP contribution in [0.5, 0.6) is 0 Å². The molecule has 1 aromatic carbocycles. The first-order valence-electron chi connectivity index (χ1n) is 11.3. The summed E-state index contributed by atoms with van der Waals surface area (Å²) in [6.45, 7) is 8.04. The van der Waals surface area contributed by atoms with Crippen LogP contribution in [0.1, 0.15) is 49.1 Å². The minimum Gasteiger partial charge on any atom is -0.376 e. The lowest BCUT2D eigenvalue weighted by Gasteiger charge is -2.29. The molecule has 1 aromatic heterocycles. The van der Waals surface area contributed by atoms with Gasteiger partial charge in [0, 0.05) is 31.0 Å². The van der Waals surface area contributed by atoms with E-state index < -0.39 is 0 Å². The normalized spacial score (nSPS) is 15.8. The molecule has 5 nitrogen and oxygen atoms in total. The lowest BCUT2D eigenvalue weighted by molar-refractivity contribution is -0.142. The van der Waals surface area contributed by atoms with Crippen LogP contribution in [0.15, 0.2) is 35.7 Å². The van der Waals surface area contributed by atoms with Crippen LogP contribution in [0.3, 0.4) is 0 Å². The van der Waals surface area contributed by atoms with Gasteiger partial charge < -0.3 is 14.5 Å². The van der Waals surface area contributed by atoms with Gasteiger partial charge in [0.2, 0.25) is 11.8 Å². The van der Waals surface area contributed by atoms with E-state index in [1.54, 1.807) is 33.3 Å². The Morgan fingerprint density at radius 3 is 2.47 bits per heavy atom. The van der Waals surface area contributed by atoms with Crippen LogP contribution < -0.4 is 0 Å². The van der Waals surface area contributed by atoms with Crippen LogP contribution in [-0.2, 0) is 27.4 Å². The smallest absolute Gasteiger partial charge is 0.242 e. The summed E-state index contributed by atoms with van der Waals surface area (Å²) in [6, 6.07) is 8.25. The Labute approximate surface area is 194 Å². The molecule has 3 rings (SSSR count). The van der Waals surface area contributed by atoms with Crippen molar-refractivity contribution in [3.63, 3.8) is 0 Å². The summed E-state index contributed by atoms with van der Waals surface area (Å²) in [4.78, 5) is 30.9. The topological polar surface area (TPSA) is 49.9 Å². The van der Waals surface area contributed by atoms with E-state index in [1.807, 2.05) is 32.2 Å². The van der Waals surface area contributed by atoms with Crippen molar-refractivity contribution in [3.8, 4) is 0 Å². The van der Waals surface area contributed by atoms with Gasteiger partial charge in [-0.05, 0) is 60.4 Å². The highest BCUT2D eigenvalue weighted by Crippen LogP contribution is 2.21. The average molecular weight is 461 g/mol. The number of thiophene rings is 1. The predicted molar refractivity (Wildman–Crippen MR) is 125 cm³/mol. The number of carbonyl (C=O) groups excluding carboxylic acids is 2. The van der Waals surface area contributed by atoms with Crippen molar-refractivity contribution in [2.45, 2.75) is 59.2 Å². The largest absolute Gasteiger partial charge is 0.376 e. The highest BCUT2D eigenvalue weighted by molar-refractivity contribution is 7.10. The van der Waals surface area contributed by atoms with Crippen molar-refractivity contribution in [1.29, 1.82) is 0 Å². The molecule has 32 heavy (non-hydrogen) atoms. The van der Waals surface area contributed by atoms with Crippen LogP contribution in [-0.4, -0.2) is 47.4 Å². The molecule has 0 radical (unpaired) electrons. The van der Waals surface area contributed by atoms with Crippen LogP contribution >= 0.6 is 11.3 Å². The van der Waals surface area contributed by atoms with Crippen molar-refractivity contribution >= 4 is 23.2 Å². The van der Waals surface area contributed by atoms with Crippen molar-refractivity contribution < 1.29 is 18.7 Å². The summed E-state index contributed by atoms with van der Waals surface area (Å²) in [5.74, 6) is -0.216. The van der Waals surface area contributed by atoms with Gasteiger partial charge in [-0.3, -0.25) is 9.59 Å². The number of rotatable bonds is 10. The first-order valence-corrected chi connectivity index (χ1v) is 12.1. The average Bonchev–Trinajstić information content (AvgIpc) is 3.40. The van der Waals surface area contributed by atoms with Gasteiger partial charge in [0.15, 0.2) is 0 Å². The summed E-state index contributed by atoms with van der Waals surface area (Å²) in [5, 5.41) is 2.01. The number of halogens is 1. The molecule has 2 heterocycles. The van der Waals surface area contributed by atoms with E-state index in [0.717, 1.165) is 28.8 Å². The molecule has 1 fully saturated rings. The van der Waals surface area contributed by atoms with Crippen molar-refractivity contribution in [1.82, 2.24) is 9.80 Å². The molecular formula is C25H33FN2O3S. The molecule has 174 valence electrons. The van der Waals surface area contributed by atoms with Gasteiger partial charge in [-0.1, -0.05) is 26.0 Å². The zero-order valence-electron chi connectivity index (χ0n) is 19.2. The fraction of sp³-hybridized carbons (Fsp3) is 0.520. The lowest BCUT2D eigenvalue weighted by atomic mass is 10.1. The number of nitrogens with zero attached hydrogens (tertiary/aromatic N) is 2. The highest BCUT2D eigenvalue weighted by atomic mass is 32.1. The zero-order chi connectivity index (χ0) is 23.1. The summed E-state index contributed by atoms with van der Waals surface area (Å²) >= 11 is 1.61. The zero-order valence-corrected chi connectivity index (χ0v) is 20.0. The Kier molecular flexibility index (Phi) is 8.82. The molecule has 0 bridgehead atoms. The number of hydrogen-bond acceptors (Lipinski definition) is 4. The second-order valence-electron chi connectivity index (χ2n) is 8.91. The van der Waals surface area contributed by atoms with E-state index in [0.29, 0.717) is 32.7 Å². The fourth-order valence-electron chi connectivity index (χ4n) is 3.81. The van der Waals surface area contributed by atoms with Gasteiger partial charge in [-0.2, -0.15) is 0 Å². The van der Waals surface area contributed by atoms with Gasteiger partial charge in [-0.25, -0.2) is 4.39 Å². The Morgan fingerprint density at radius 1 is 1.12 bits per heavy atom. The van der Waals surface area contributed by atoms with E-state index in [-0.39, 0.29) is 36.2 Å². The molecule has 2 aromatic rings. The van der Waals surface area contributed by atoms with Crippen molar-refractivity contribution in [2.24, 2.45) is 5.92 Å². The maximum absolute atomic E-state index is 13.4. The van der Waals surface area contributed by atoms with Gasteiger partial charge in [0.1, 0.15) is 5.82 Å². The second kappa shape index (κ2) is 11.6. The van der Waals surface area contributed by atoms with Gasteiger partial charge in [0.25, 0.3) is 0 Å². The molecule has 0 aliphatic carbocycles. The molecule has 1 saturated heterocycles. The number of carbonyl (C=O) groups is 2. The summed E-state index contributed by atoms with van der Waals surface area (Å²) in [7, 11) is 0. The van der Waals surface area contributed by atoms with E-state index in [1.165, 1.54) is 12.1 Å². The minimum absolute atomic E-state index is 0.0102. The van der Waals surface area contributed by atoms with Crippen LogP contribution in [0.4, 0.5) is 4.39 Å². The third-order valence-electron chi connectivity index (χ3n) is 5.65. The molecule has 1 aliphatic heterocycles. The number of benzene rings is 1. The van der Waals surface area contributed by atoms with Crippen LogP contribution in [0, 0.1) is 18.7 Å². The molecule has 0 N–H and O–H groups in total. The molecule has 0 saturated carbocycles. The third kappa shape index (κ3) is 7.14. The first kappa shape index (κ1) is 24.4. The predicted octanol–water partition coefficient (Wildman–Crippen LogP) is 4.78. The van der Waals surface area contributed by atoms with Crippen LogP contribution in [0.2, 0.25) is 0 Å². The molecule has 0 spiro atoms. The second-order valence-corrected chi connectivity index (χ2v) is 9.91. The lowest BCUT2D eigenvalue weighted by Crippen LogP contribution is -2.45. The molecule has 2 amide bonds. The van der Waals surface area contributed by atoms with Crippen molar-refractivity contribution in [3.05, 3.63) is 57.5 Å². The van der Waals surface area contributed by atoms with E-state index in [4.69, 9.17) is 4.74 Å². The third-order valence-corrected chi connectivity index (χ3v) is 6.66. The minimum atomic E-state index is -0.303. The Hall–Kier alpha value is -2.25. The van der Waals surface area contributed by atoms with Gasteiger partial charge in [-0.15, -0.1) is 11.3 Å². The number of aryl methyl sites for hydroxylation is 1. The Bertz CT molecular complexity index is 891. The summed E-state index contributed by atoms with van der Waals surface area (Å²) in [6.07, 6.45) is 2.29. The molecule has 1 atom stereocenters. The van der Waals surface area contributed by atoms with E-state index in [9.17, 15) is 14.0 Å². The number of ether oxygens (including phenoxy) is 1. The quantitative estimate of drug-likeness (QED) is 0.513. The first-order chi connectivity index (χ1) is 15.3. The maximum Gasteiger partial charge on any atom is 0.242 e. The molecule has 1 aliphatic rings. The maximum atomic E-state index is 13.4. The molecular weight excluding hydrogens is 427 g/mol. The van der Waals surface area contributed by atoms with E-state index >= 15 is 0 Å². The van der Waals surface area contributed by atoms with Gasteiger partial charge >= 0.3 is 0 Å². The standard InChI is InChI=1S/C25H33FN2O3S/c1-18(2)13-24(29)28(15-22-5-4-11-31-22)17-25(30)27(16-23-19(3)10-12-32-23)14-20-6-8-21(26)9-7-20/h6-10,12,18,22H,4-5,11,13-17H2,1-3H3. The Morgan fingerprint density at radius 2 is 1.88 bits per heavy atom. The summed E-state index contributed by atoms with van der Waals surface area (Å²) in [5.41, 5.74) is 1.99. The van der Waals surface area contributed by atoms with Crippen LogP contribution in [0.25, 0.3) is 0 Å². The van der Waals surface area contributed by atoms with E-state index in [2.05, 4.69) is 0 Å². The number of amides is 2. The molecule has 1 unspecified atom stereocenters. The monoisotopic (exact) mass is 460 g/mol. The Balaban J connectivity index is 1.76. The van der Waals surface area contributed by atoms with Crippen molar-refractivity contribution in [2.75, 3.05) is 19.7 Å². The summed E-state index contributed by atoms with van der Waals surface area (Å²) < 4.78 is 19.1. The number of hydrogen-bond donors (Lipinski definition) is 0. The van der Waals surface area contributed by atoms with Gasteiger partial charge in [0.05, 0.1) is 19.2 Å². The highest BCUT2D eigenvalue weighted by Gasteiger charge is 2.27.